The minimum absolute atomic E-state index is 0.182. The van der Waals surface area contributed by atoms with Crippen LogP contribution in [0.5, 0.6) is 0 Å². The van der Waals surface area contributed by atoms with Gasteiger partial charge in [0, 0.05) is 19.0 Å². The summed E-state index contributed by atoms with van der Waals surface area (Å²) in [4.78, 5) is 17.5. The van der Waals surface area contributed by atoms with Crippen molar-refractivity contribution in [2.45, 2.75) is 31.3 Å². The lowest BCUT2D eigenvalue weighted by Gasteiger charge is -2.28. The van der Waals surface area contributed by atoms with Gasteiger partial charge in [-0.25, -0.2) is 4.98 Å². The third-order valence-corrected chi connectivity index (χ3v) is 3.83. The molecule has 1 aromatic rings. The average Bonchev–Trinajstić information content (AvgIpc) is 2.86. The van der Waals surface area contributed by atoms with Crippen molar-refractivity contribution in [3.63, 3.8) is 0 Å². The van der Waals surface area contributed by atoms with Crippen LogP contribution in [-0.4, -0.2) is 40.1 Å². The second kappa shape index (κ2) is 4.62. The number of carbonyl (C=O) groups is 1. The molecule has 6 heteroatoms. The van der Waals surface area contributed by atoms with Gasteiger partial charge in [0.25, 0.3) is 5.91 Å². The van der Waals surface area contributed by atoms with Crippen LogP contribution in [0, 0.1) is 0 Å². The number of thiazole rings is 1. The molecule has 94 valence electrons. The highest BCUT2D eigenvalue weighted by molar-refractivity contribution is 7.13. The highest BCUT2D eigenvalue weighted by Gasteiger charge is 2.33. The van der Waals surface area contributed by atoms with Crippen molar-refractivity contribution in [1.29, 1.82) is 0 Å². The number of carbonyl (C=O) groups excluding carboxylic acids is 1. The highest BCUT2D eigenvalue weighted by atomic mass is 32.1. The molecule has 3 N–H and O–H groups in total. The molecule has 0 radical (unpaired) electrons. The molecule has 1 aliphatic rings. The molecule has 5 nitrogen and oxygen atoms in total. The van der Waals surface area contributed by atoms with Gasteiger partial charge in [-0.1, -0.05) is 12.8 Å². The first-order valence-electron chi connectivity index (χ1n) is 5.69. The van der Waals surface area contributed by atoms with E-state index in [1.165, 1.54) is 16.2 Å². The topological polar surface area (TPSA) is 79.5 Å². The summed E-state index contributed by atoms with van der Waals surface area (Å²) in [6.07, 6.45) is 3.60. The van der Waals surface area contributed by atoms with Crippen LogP contribution in [-0.2, 0) is 0 Å². The van der Waals surface area contributed by atoms with Crippen LogP contribution in [0.3, 0.4) is 0 Å². The van der Waals surface area contributed by atoms with Gasteiger partial charge < -0.3 is 15.7 Å². The number of hydrogen-bond acceptors (Lipinski definition) is 5. The van der Waals surface area contributed by atoms with Crippen molar-refractivity contribution in [3.05, 3.63) is 11.1 Å². The molecular weight excluding hydrogens is 238 g/mol. The predicted molar refractivity (Wildman–Crippen MR) is 66.9 cm³/mol. The number of amides is 1. The van der Waals surface area contributed by atoms with Gasteiger partial charge in [0.15, 0.2) is 5.13 Å². The molecule has 0 bridgehead atoms. The van der Waals surface area contributed by atoms with E-state index in [-0.39, 0.29) is 5.91 Å². The fourth-order valence-corrected chi connectivity index (χ4v) is 2.82. The fraction of sp³-hybridized carbons (Fsp3) is 0.636. The first-order chi connectivity index (χ1) is 8.00. The number of rotatable bonds is 3. The summed E-state index contributed by atoms with van der Waals surface area (Å²) in [7, 11) is 1.69. The molecule has 1 fully saturated rings. The Labute approximate surface area is 104 Å². The van der Waals surface area contributed by atoms with Crippen LogP contribution in [0.1, 0.15) is 36.2 Å². The highest BCUT2D eigenvalue weighted by Crippen LogP contribution is 2.30. The largest absolute Gasteiger partial charge is 0.388 e. The molecule has 0 unspecified atom stereocenters. The Morgan fingerprint density at radius 2 is 2.29 bits per heavy atom. The maximum atomic E-state index is 12.0. The number of anilines is 1. The van der Waals surface area contributed by atoms with Gasteiger partial charge in [0.1, 0.15) is 5.69 Å². The second-order valence-electron chi connectivity index (χ2n) is 4.66. The van der Waals surface area contributed by atoms with Crippen molar-refractivity contribution < 1.29 is 9.90 Å². The molecule has 2 rings (SSSR count). The van der Waals surface area contributed by atoms with Crippen molar-refractivity contribution >= 4 is 22.4 Å². The van der Waals surface area contributed by atoms with E-state index in [0.29, 0.717) is 17.4 Å². The molecular formula is C11H17N3O2S. The van der Waals surface area contributed by atoms with Gasteiger partial charge in [-0.3, -0.25) is 4.79 Å². The number of hydrogen-bond donors (Lipinski definition) is 2. The smallest absolute Gasteiger partial charge is 0.273 e. The quantitative estimate of drug-likeness (QED) is 0.847. The van der Waals surface area contributed by atoms with E-state index in [1.807, 2.05) is 0 Å². The van der Waals surface area contributed by atoms with Gasteiger partial charge in [-0.2, -0.15) is 0 Å². The van der Waals surface area contributed by atoms with Crippen LogP contribution in [0.15, 0.2) is 5.38 Å². The van der Waals surface area contributed by atoms with Crippen molar-refractivity contribution in [2.75, 3.05) is 19.3 Å². The minimum atomic E-state index is -0.716. The van der Waals surface area contributed by atoms with E-state index in [1.54, 1.807) is 12.4 Å². The zero-order valence-corrected chi connectivity index (χ0v) is 10.7. The van der Waals surface area contributed by atoms with Crippen LogP contribution >= 0.6 is 11.3 Å². The summed E-state index contributed by atoms with van der Waals surface area (Å²) >= 11 is 1.25. The molecule has 1 amide bonds. The summed E-state index contributed by atoms with van der Waals surface area (Å²) in [5.41, 5.74) is 5.14. The van der Waals surface area contributed by atoms with E-state index >= 15 is 0 Å². The molecule has 1 heterocycles. The summed E-state index contributed by atoms with van der Waals surface area (Å²) in [5, 5.41) is 12.3. The molecule has 1 aromatic heterocycles. The molecule has 0 saturated heterocycles. The maximum absolute atomic E-state index is 12.0. The number of likely N-dealkylation sites (N-methyl/N-ethyl adjacent to an activating group) is 1. The molecule has 1 aliphatic carbocycles. The molecule has 0 atom stereocenters. The summed E-state index contributed by atoms with van der Waals surface area (Å²) in [5.74, 6) is -0.182. The zero-order valence-electron chi connectivity index (χ0n) is 9.85. The Kier molecular flexibility index (Phi) is 3.35. The monoisotopic (exact) mass is 255 g/mol. The minimum Gasteiger partial charge on any atom is -0.388 e. The lowest BCUT2D eigenvalue weighted by Crippen LogP contribution is -2.42. The van der Waals surface area contributed by atoms with Crippen LogP contribution in [0.2, 0.25) is 0 Å². The summed E-state index contributed by atoms with van der Waals surface area (Å²) < 4.78 is 0. The predicted octanol–water partition coefficient (Wildman–Crippen LogP) is 1.10. The van der Waals surface area contributed by atoms with E-state index < -0.39 is 5.60 Å². The SMILES string of the molecule is CN(CC1(O)CCCC1)C(=O)c1csc(N)n1. The fourth-order valence-electron chi connectivity index (χ4n) is 2.29. The first-order valence-corrected chi connectivity index (χ1v) is 6.57. The third-order valence-electron chi connectivity index (χ3n) is 3.15. The summed E-state index contributed by atoms with van der Waals surface area (Å²) in [6.45, 7) is 0.364. The molecule has 0 aromatic carbocycles. The van der Waals surface area contributed by atoms with Gasteiger partial charge >= 0.3 is 0 Å². The van der Waals surface area contributed by atoms with E-state index in [4.69, 9.17) is 5.73 Å². The lowest BCUT2D eigenvalue weighted by atomic mass is 10.0. The van der Waals surface area contributed by atoms with Gasteiger partial charge in [-0.15, -0.1) is 11.3 Å². The zero-order chi connectivity index (χ0) is 12.5. The molecule has 0 aliphatic heterocycles. The number of aliphatic hydroxyl groups is 1. The molecule has 0 spiro atoms. The number of nitrogens with zero attached hydrogens (tertiary/aromatic N) is 2. The van der Waals surface area contributed by atoms with Crippen LogP contribution < -0.4 is 5.73 Å². The molecule has 17 heavy (non-hydrogen) atoms. The standard InChI is InChI=1S/C11H17N3O2S/c1-14(7-11(16)4-2-3-5-11)9(15)8-6-17-10(12)13-8/h6,16H,2-5,7H2,1H3,(H2,12,13). The van der Waals surface area contributed by atoms with Gasteiger partial charge in [-0.05, 0) is 12.8 Å². The van der Waals surface area contributed by atoms with E-state index in [2.05, 4.69) is 4.98 Å². The molecule has 1 saturated carbocycles. The Morgan fingerprint density at radius 3 is 2.82 bits per heavy atom. The summed E-state index contributed by atoms with van der Waals surface area (Å²) in [6, 6.07) is 0. The average molecular weight is 255 g/mol. The van der Waals surface area contributed by atoms with Crippen molar-refractivity contribution in [1.82, 2.24) is 9.88 Å². The van der Waals surface area contributed by atoms with Gasteiger partial charge in [0.05, 0.1) is 5.60 Å². The Hall–Kier alpha value is -1.14. The van der Waals surface area contributed by atoms with Crippen molar-refractivity contribution in [2.24, 2.45) is 0 Å². The normalized spacial score (nSPS) is 18.2. The Bertz CT molecular complexity index is 413. The lowest BCUT2D eigenvalue weighted by molar-refractivity contribution is 0.0155. The number of nitrogens with two attached hydrogens (primary N) is 1. The Balaban J connectivity index is 2.00. The van der Waals surface area contributed by atoms with Crippen LogP contribution in [0.4, 0.5) is 5.13 Å². The van der Waals surface area contributed by atoms with Crippen molar-refractivity contribution in [3.8, 4) is 0 Å². The maximum Gasteiger partial charge on any atom is 0.273 e. The second-order valence-corrected chi connectivity index (χ2v) is 5.55. The number of aromatic nitrogens is 1. The van der Waals surface area contributed by atoms with Gasteiger partial charge in [0.2, 0.25) is 0 Å². The van der Waals surface area contributed by atoms with Crippen LogP contribution in [0.25, 0.3) is 0 Å². The Morgan fingerprint density at radius 1 is 1.65 bits per heavy atom. The first kappa shape index (κ1) is 12.3. The third kappa shape index (κ3) is 2.76. The van der Waals surface area contributed by atoms with E-state index in [0.717, 1.165) is 25.7 Å². The number of nitrogen functional groups attached to an aromatic ring is 1. The van der Waals surface area contributed by atoms with E-state index in [9.17, 15) is 9.90 Å².